The molecule has 25 heavy (non-hydrogen) atoms. The first-order valence-corrected chi connectivity index (χ1v) is 8.25. The lowest BCUT2D eigenvalue weighted by Gasteiger charge is -2.09. The van der Waals surface area contributed by atoms with E-state index >= 15 is 0 Å². The van der Waals surface area contributed by atoms with Gasteiger partial charge in [0.05, 0.1) is 6.61 Å². The SMILES string of the molecule is CCOc1cccc2cc(C(=O)NCCc3ccccc3)c(=N)oc12. The quantitative estimate of drug-likeness (QED) is 0.725. The van der Waals surface area contributed by atoms with Gasteiger partial charge in [0.1, 0.15) is 5.56 Å². The van der Waals surface area contributed by atoms with Crippen LogP contribution in [0.5, 0.6) is 5.75 Å². The second-order valence-corrected chi connectivity index (χ2v) is 5.59. The maximum atomic E-state index is 12.4. The highest BCUT2D eigenvalue weighted by molar-refractivity contribution is 5.97. The average molecular weight is 336 g/mol. The Morgan fingerprint density at radius 2 is 1.96 bits per heavy atom. The molecular weight excluding hydrogens is 316 g/mol. The lowest BCUT2D eigenvalue weighted by atomic mass is 10.1. The number of fused-ring (bicyclic) bond motifs is 1. The van der Waals surface area contributed by atoms with E-state index in [2.05, 4.69) is 5.32 Å². The van der Waals surface area contributed by atoms with Crippen LogP contribution in [-0.4, -0.2) is 19.1 Å². The zero-order chi connectivity index (χ0) is 17.6. The summed E-state index contributed by atoms with van der Waals surface area (Å²) < 4.78 is 11.1. The Morgan fingerprint density at radius 3 is 2.72 bits per heavy atom. The first-order valence-electron chi connectivity index (χ1n) is 8.25. The predicted molar refractivity (Wildman–Crippen MR) is 95.7 cm³/mol. The fourth-order valence-electron chi connectivity index (χ4n) is 2.63. The van der Waals surface area contributed by atoms with Crippen molar-refractivity contribution in [1.82, 2.24) is 5.32 Å². The van der Waals surface area contributed by atoms with Crippen LogP contribution in [0.3, 0.4) is 0 Å². The highest BCUT2D eigenvalue weighted by Crippen LogP contribution is 2.24. The first kappa shape index (κ1) is 16.8. The van der Waals surface area contributed by atoms with Gasteiger partial charge in [0.25, 0.3) is 5.91 Å². The molecule has 0 atom stereocenters. The van der Waals surface area contributed by atoms with Gasteiger partial charge in [0, 0.05) is 11.9 Å². The third-order valence-electron chi connectivity index (χ3n) is 3.84. The molecule has 0 aliphatic rings. The van der Waals surface area contributed by atoms with Gasteiger partial charge >= 0.3 is 0 Å². The molecule has 5 nitrogen and oxygen atoms in total. The molecule has 0 aliphatic heterocycles. The van der Waals surface area contributed by atoms with Crippen molar-refractivity contribution in [1.29, 1.82) is 5.41 Å². The van der Waals surface area contributed by atoms with E-state index in [0.29, 0.717) is 24.5 Å². The molecule has 0 saturated heterocycles. The van der Waals surface area contributed by atoms with Crippen LogP contribution in [0.25, 0.3) is 11.0 Å². The third-order valence-corrected chi connectivity index (χ3v) is 3.84. The standard InChI is InChI=1S/C20H20N2O3/c1-2-24-17-10-6-9-15-13-16(19(21)25-18(15)17)20(23)22-12-11-14-7-4-3-5-8-14/h3-10,13,21H,2,11-12H2,1H3,(H,22,23). The van der Waals surface area contributed by atoms with Crippen LogP contribution in [0.1, 0.15) is 22.8 Å². The van der Waals surface area contributed by atoms with E-state index in [1.165, 1.54) is 0 Å². The summed E-state index contributed by atoms with van der Waals surface area (Å²) in [5.74, 6) is 0.262. The lowest BCUT2D eigenvalue weighted by Crippen LogP contribution is -2.30. The van der Waals surface area contributed by atoms with Crippen LogP contribution >= 0.6 is 0 Å². The Kier molecular flexibility index (Phi) is 5.14. The van der Waals surface area contributed by atoms with Crippen molar-refractivity contribution in [3.8, 4) is 5.75 Å². The Labute approximate surface area is 145 Å². The molecule has 1 amide bonds. The minimum atomic E-state index is -0.312. The minimum Gasteiger partial charge on any atom is -0.490 e. The Balaban J connectivity index is 1.77. The Hall–Kier alpha value is -3.08. The van der Waals surface area contributed by atoms with E-state index in [1.807, 2.05) is 49.4 Å². The number of nitrogens with one attached hydrogen (secondary N) is 2. The van der Waals surface area contributed by atoms with E-state index in [4.69, 9.17) is 14.6 Å². The molecule has 3 rings (SSSR count). The molecule has 128 valence electrons. The number of para-hydroxylation sites is 1. The lowest BCUT2D eigenvalue weighted by molar-refractivity contribution is 0.0950. The molecule has 2 aromatic carbocycles. The topological polar surface area (TPSA) is 75.3 Å². The number of ether oxygens (including phenoxy) is 1. The average Bonchev–Trinajstić information content (AvgIpc) is 2.63. The summed E-state index contributed by atoms with van der Waals surface area (Å²) in [5.41, 5.74) is 1.68. The highest BCUT2D eigenvalue weighted by Gasteiger charge is 2.13. The number of amides is 1. The van der Waals surface area contributed by atoms with Crippen LogP contribution < -0.4 is 15.6 Å². The molecule has 5 heteroatoms. The normalized spacial score (nSPS) is 10.6. The van der Waals surface area contributed by atoms with Crippen molar-refractivity contribution in [3.63, 3.8) is 0 Å². The monoisotopic (exact) mass is 336 g/mol. The second kappa shape index (κ2) is 7.66. The van der Waals surface area contributed by atoms with Crippen molar-refractivity contribution < 1.29 is 13.9 Å². The third kappa shape index (κ3) is 3.88. The van der Waals surface area contributed by atoms with Gasteiger partial charge in [-0.25, -0.2) is 0 Å². The number of hydrogen-bond donors (Lipinski definition) is 2. The molecule has 0 saturated carbocycles. The molecule has 0 unspecified atom stereocenters. The highest BCUT2D eigenvalue weighted by atomic mass is 16.5. The van der Waals surface area contributed by atoms with E-state index in [9.17, 15) is 4.79 Å². The van der Waals surface area contributed by atoms with Crippen molar-refractivity contribution in [2.24, 2.45) is 0 Å². The number of carbonyl (C=O) groups is 1. The molecular formula is C20H20N2O3. The van der Waals surface area contributed by atoms with Crippen molar-refractivity contribution in [3.05, 3.63) is 71.3 Å². The summed E-state index contributed by atoms with van der Waals surface area (Å²) in [6.07, 6.45) is 0.735. The molecule has 1 heterocycles. The van der Waals surface area contributed by atoms with Crippen LogP contribution in [0, 0.1) is 5.41 Å². The molecule has 0 spiro atoms. The van der Waals surface area contributed by atoms with Crippen LogP contribution in [0.4, 0.5) is 0 Å². The van der Waals surface area contributed by atoms with E-state index in [0.717, 1.165) is 17.4 Å². The number of rotatable bonds is 6. The summed E-state index contributed by atoms with van der Waals surface area (Å²) >= 11 is 0. The molecule has 1 aromatic heterocycles. The van der Waals surface area contributed by atoms with Gasteiger partial charge in [-0.1, -0.05) is 42.5 Å². The Morgan fingerprint density at radius 1 is 1.16 bits per heavy atom. The van der Waals surface area contributed by atoms with Gasteiger partial charge in [-0.3, -0.25) is 10.2 Å². The van der Waals surface area contributed by atoms with Gasteiger partial charge in [-0.15, -0.1) is 0 Å². The maximum Gasteiger partial charge on any atom is 0.256 e. The fraction of sp³-hybridized carbons (Fsp3) is 0.200. The fourth-order valence-corrected chi connectivity index (χ4v) is 2.63. The van der Waals surface area contributed by atoms with Crippen LogP contribution in [0.2, 0.25) is 0 Å². The maximum absolute atomic E-state index is 12.4. The van der Waals surface area contributed by atoms with Gasteiger partial charge in [-0.05, 0) is 31.0 Å². The molecule has 0 fully saturated rings. The van der Waals surface area contributed by atoms with Gasteiger partial charge in [-0.2, -0.15) is 0 Å². The summed E-state index contributed by atoms with van der Waals surface area (Å²) in [6.45, 7) is 2.89. The summed E-state index contributed by atoms with van der Waals surface area (Å²) in [7, 11) is 0. The Bertz CT molecular complexity index is 933. The first-order chi connectivity index (χ1) is 12.2. The zero-order valence-corrected chi connectivity index (χ0v) is 14.0. The zero-order valence-electron chi connectivity index (χ0n) is 14.0. The number of benzene rings is 2. The van der Waals surface area contributed by atoms with Crippen molar-refractivity contribution in [2.75, 3.05) is 13.2 Å². The van der Waals surface area contributed by atoms with E-state index in [-0.39, 0.29) is 17.0 Å². The van der Waals surface area contributed by atoms with Gasteiger partial charge in [0.15, 0.2) is 11.3 Å². The summed E-state index contributed by atoms with van der Waals surface area (Å²) in [6, 6.07) is 17.1. The minimum absolute atomic E-state index is 0.170. The van der Waals surface area contributed by atoms with Gasteiger partial charge in [0.2, 0.25) is 5.55 Å². The van der Waals surface area contributed by atoms with Crippen LogP contribution in [-0.2, 0) is 6.42 Å². The van der Waals surface area contributed by atoms with E-state index in [1.54, 1.807) is 12.1 Å². The number of carbonyl (C=O) groups excluding carboxylic acids is 1. The molecule has 0 bridgehead atoms. The van der Waals surface area contributed by atoms with Crippen molar-refractivity contribution in [2.45, 2.75) is 13.3 Å². The summed E-state index contributed by atoms with van der Waals surface area (Å²) in [4.78, 5) is 12.4. The molecule has 2 N–H and O–H groups in total. The molecule has 3 aromatic rings. The van der Waals surface area contributed by atoms with E-state index < -0.39 is 0 Å². The summed E-state index contributed by atoms with van der Waals surface area (Å²) in [5, 5.41) is 11.6. The molecule has 0 radical (unpaired) electrons. The van der Waals surface area contributed by atoms with Crippen molar-refractivity contribution >= 4 is 16.9 Å². The molecule has 0 aliphatic carbocycles. The predicted octanol–water partition coefficient (Wildman–Crippen LogP) is 3.28. The number of hydrogen-bond acceptors (Lipinski definition) is 4. The van der Waals surface area contributed by atoms with Gasteiger partial charge < -0.3 is 14.5 Å². The van der Waals surface area contributed by atoms with Crippen LogP contribution in [0.15, 0.2) is 59.0 Å². The largest absolute Gasteiger partial charge is 0.490 e. The second-order valence-electron chi connectivity index (χ2n) is 5.59. The smallest absolute Gasteiger partial charge is 0.256 e.